The van der Waals surface area contributed by atoms with Crippen molar-refractivity contribution in [3.8, 4) is 0 Å². The van der Waals surface area contributed by atoms with Crippen LogP contribution in [0.15, 0.2) is 18.2 Å². The van der Waals surface area contributed by atoms with E-state index in [2.05, 4.69) is 10.4 Å². The number of aryl methyl sites for hydroxylation is 1. The number of hydrazine groups is 1. The van der Waals surface area contributed by atoms with Crippen LogP contribution in [0.2, 0.25) is 5.02 Å². The van der Waals surface area contributed by atoms with E-state index < -0.39 is 5.82 Å². The molecular formula is C11H11ClFN3. The predicted molar refractivity (Wildman–Crippen MR) is 63.9 cm³/mol. The third-order valence-corrected chi connectivity index (χ3v) is 2.71. The standard InChI is InChI=1S/C11H11ClFN3/c1-2-6-3-11(16-14)7-4-8(12)9(13)5-10(7)15-6/h3-5H,2,14H2,1H3,(H,15,16). The van der Waals surface area contributed by atoms with Gasteiger partial charge >= 0.3 is 0 Å². The summed E-state index contributed by atoms with van der Waals surface area (Å²) in [5.41, 5.74) is 4.67. The minimum atomic E-state index is -0.474. The quantitative estimate of drug-likeness (QED) is 0.626. The lowest BCUT2D eigenvalue weighted by atomic mass is 10.1. The van der Waals surface area contributed by atoms with E-state index in [1.807, 2.05) is 13.0 Å². The Morgan fingerprint density at radius 2 is 2.19 bits per heavy atom. The number of halogens is 2. The van der Waals surface area contributed by atoms with Crippen molar-refractivity contribution in [1.82, 2.24) is 4.98 Å². The van der Waals surface area contributed by atoms with Crippen LogP contribution < -0.4 is 11.3 Å². The minimum Gasteiger partial charge on any atom is -0.323 e. The second-order valence-electron chi connectivity index (χ2n) is 3.44. The number of rotatable bonds is 2. The molecule has 0 spiro atoms. The van der Waals surface area contributed by atoms with Crippen LogP contribution >= 0.6 is 11.6 Å². The largest absolute Gasteiger partial charge is 0.323 e. The maximum atomic E-state index is 13.3. The number of nitrogens with one attached hydrogen (secondary N) is 1. The molecule has 0 amide bonds. The first kappa shape index (κ1) is 11.1. The zero-order chi connectivity index (χ0) is 11.7. The van der Waals surface area contributed by atoms with Crippen LogP contribution in [-0.4, -0.2) is 4.98 Å². The average Bonchev–Trinajstić information content (AvgIpc) is 2.29. The van der Waals surface area contributed by atoms with Crippen LogP contribution in [0.4, 0.5) is 10.1 Å². The fraction of sp³-hybridized carbons (Fsp3) is 0.182. The molecule has 0 radical (unpaired) electrons. The van der Waals surface area contributed by atoms with Gasteiger partial charge in [-0.2, -0.15) is 0 Å². The van der Waals surface area contributed by atoms with E-state index in [9.17, 15) is 4.39 Å². The van der Waals surface area contributed by atoms with Gasteiger partial charge in [-0.25, -0.2) is 4.39 Å². The van der Waals surface area contributed by atoms with E-state index in [-0.39, 0.29) is 5.02 Å². The smallest absolute Gasteiger partial charge is 0.143 e. The molecule has 0 bridgehead atoms. The number of hydrogen-bond donors (Lipinski definition) is 2. The van der Waals surface area contributed by atoms with Crippen molar-refractivity contribution in [2.75, 3.05) is 5.43 Å². The van der Waals surface area contributed by atoms with Crippen molar-refractivity contribution in [2.45, 2.75) is 13.3 Å². The Bertz CT molecular complexity index is 542. The number of benzene rings is 1. The van der Waals surface area contributed by atoms with Gasteiger partial charge in [-0.3, -0.25) is 10.8 Å². The van der Waals surface area contributed by atoms with Crippen LogP contribution in [0.1, 0.15) is 12.6 Å². The van der Waals surface area contributed by atoms with Gasteiger partial charge in [-0.15, -0.1) is 0 Å². The highest BCUT2D eigenvalue weighted by molar-refractivity contribution is 6.31. The first-order valence-electron chi connectivity index (χ1n) is 4.91. The SMILES string of the molecule is CCc1cc(NN)c2cc(Cl)c(F)cc2n1. The monoisotopic (exact) mass is 239 g/mol. The van der Waals surface area contributed by atoms with Gasteiger partial charge in [0.2, 0.25) is 0 Å². The summed E-state index contributed by atoms with van der Waals surface area (Å²) in [5, 5.41) is 0.779. The Morgan fingerprint density at radius 1 is 1.44 bits per heavy atom. The van der Waals surface area contributed by atoms with Crippen molar-refractivity contribution >= 4 is 28.2 Å². The summed E-state index contributed by atoms with van der Waals surface area (Å²) in [6.45, 7) is 1.97. The Morgan fingerprint density at radius 3 is 2.81 bits per heavy atom. The van der Waals surface area contributed by atoms with E-state index in [0.717, 1.165) is 12.1 Å². The summed E-state index contributed by atoms with van der Waals surface area (Å²) in [6.07, 6.45) is 0.759. The van der Waals surface area contributed by atoms with Gasteiger partial charge in [-0.05, 0) is 18.6 Å². The first-order valence-corrected chi connectivity index (χ1v) is 5.28. The van der Waals surface area contributed by atoms with Crippen molar-refractivity contribution in [3.63, 3.8) is 0 Å². The maximum Gasteiger partial charge on any atom is 0.143 e. The summed E-state index contributed by atoms with van der Waals surface area (Å²) >= 11 is 5.72. The van der Waals surface area contributed by atoms with Gasteiger partial charge in [0.1, 0.15) is 5.82 Å². The number of nitrogen functional groups attached to an aromatic ring is 1. The summed E-state index contributed by atoms with van der Waals surface area (Å²) in [7, 11) is 0. The zero-order valence-electron chi connectivity index (χ0n) is 8.72. The molecule has 5 heteroatoms. The molecule has 84 valence electrons. The number of fused-ring (bicyclic) bond motifs is 1. The number of hydrogen-bond acceptors (Lipinski definition) is 3. The zero-order valence-corrected chi connectivity index (χ0v) is 9.48. The number of nitrogens with zero attached hydrogens (tertiary/aromatic N) is 1. The molecule has 0 aliphatic heterocycles. The normalized spacial score (nSPS) is 10.8. The van der Waals surface area contributed by atoms with Crippen molar-refractivity contribution in [1.29, 1.82) is 0 Å². The summed E-state index contributed by atoms with van der Waals surface area (Å²) < 4.78 is 13.3. The molecule has 0 unspecified atom stereocenters. The molecule has 2 rings (SSSR count). The molecule has 3 nitrogen and oxygen atoms in total. The van der Waals surface area contributed by atoms with Gasteiger partial charge in [0.25, 0.3) is 0 Å². The lowest BCUT2D eigenvalue weighted by molar-refractivity contribution is 0.630. The van der Waals surface area contributed by atoms with Crippen LogP contribution in [0.3, 0.4) is 0 Å². The van der Waals surface area contributed by atoms with Gasteiger partial charge < -0.3 is 5.43 Å². The molecule has 0 aliphatic carbocycles. The van der Waals surface area contributed by atoms with E-state index >= 15 is 0 Å². The van der Waals surface area contributed by atoms with E-state index in [4.69, 9.17) is 17.4 Å². The molecule has 1 aromatic carbocycles. The molecule has 16 heavy (non-hydrogen) atoms. The predicted octanol–water partition coefficient (Wildman–Crippen LogP) is 2.88. The lowest BCUT2D eigenvalue weighted by Crippen LogP contribution is -2.08. The number of anilines is 1. The Labute approximate surface area is 97.4 Å². The number of aromatic nitrogens is 1. The van der Waals surface area contributed by atoms with E-state index in [1.165, 1.54) is 12.1 Å². The maximum absolute atomic E-state index is 13.3. The Hall–Kier alpha value is -1.39. The Kier molecular flexibility index (Phi) is 2.94. The third kappa shape index (κ3) is 1.81. The van der Waals surface area contributed by atoms with Crippen LogP contribution in [0.25, 0.3) is 10.9 Å². The highest BCUT2D eigenvalue weighted by atomic mass is 35.5. The van der Waals surface area contributed by atoms with Gasteiger partial charge in [0.05, 0.1) is 16.2 Å². The van der Waals surface area contributed by atoms with Crippen LogP contribution in [-0.2, 0) is 6.42 Å². The van der Waals surface area contributed by atoms with E-state index in [0.29, 0.717) is 16.6 Å². The minimum absolute atomic E-state index is 0.0649. The second kappa shape index (κ2) is 4.23. The number of pyridine rings is 1. The van der Waals surface area contributed by atoms with Gasteiger partial charge in [0, 0.05) is 17.1 Å². The van der Waals surface area contributed by atoms with Crippen LogP contribution in [0.5, 0.6) is 0 Å². The molecule has 2 aromatic rings. The lowest BCUT2D eigenvalue weighted by Gasteiger charge is -2.08. The first-order chi connectivity index (χ1) is 7.65. The van der Waals surface area contributed by atoms with Crippen molar-refractivity contribution < 1.29 is 4.39 Å². The molecular weight excluding hydrogens is 229 g/mol. The average molecular weight is 240 g/mol. The highest BCUT2D eigenvalue weighted by Gasteiger charge is 2.08. The van der Waals surface area contributed by atoms with Gasteiger partial charge in [0.15, 0.2) is 0 Å². The van der Waals surface area contributed by atoms with E-state index in [1.54, 1.807) is 0 Å². The summed E-state index contributed by atoms with van der Waals surface area (Å²) in [4.78, 5) is 4.31. The molecule has 1 aromatic heterocycles. The fourth-order valence-electron chi connectivity index (χ4n) is 1.58. The number of nitrogens with two attached hydrogens (primary N) is 1. The third-order valence-electron chi connectivity index (χ3n) is 2.42. The molecule has 0 atom stereocenters. The summed E-state index contributed by atoms with van der Waals surface area (Å²) in [5.74, 6) is 4.94. The second-order valence-corrected chi connectivity index (χ2v) is 3.85. The van der Waals surface area contributed by atoms with Gasteiger partial charge in [-0.1, -0.05) is 18.5 Å². The highest BCUT2D eigenvalue weighted by Crippen LogP contribution is 2.27. The molecule has 0 saturated carbocycles. The fourth-order valence-corrected chi connectivity index (χ4v) is 1.74. The molecule has 1 heterocycles. The topological polar surface area (TPSA) is 50.9 Å². The molecule has 0 fully saturated rings. The molecule has 3 N–H and O–H groups in total. The van der Waals surface area contributed by atoms with Crippen molar-refractivity contribution in [2.24, 2.45) is 5.84 Å². The van der Waals surface area contributed by atoms with Crippen LogP contribution in [0, 0.1) is 5.82 Å². The molecule has 0 saturated heterocycles. The summed E-state index contributed by atoms with van der Waals surface area (Å²) in [6, 6.07) is 4.67. The Balaban J connectivity index is 2.79. The van der Waals surface area contributed by atoms with Crippen molar-refractivity contribution in [3.05, 3.63) is 34.7 Å². The molecule has 0 aliphatic rings.